The van der Waals surface area contributed by atoms with E-state index in [1.54, 1.807) is 0 Å². The molecule has 2 fully saturated rings. The van der Waals surface area contributed by atoms with Crippen LogP contribution in [0.15, 0.2) is 0 Å². The molecule has 0 aromatic rings. The minimum atomic E-state index is -2.35. The van der Waals surface area contributed by atoms with E-state index in [4.69, 9.17) is 4.18 Å². The van der Waals surface area contributed by atoms with Gasteiger partial charge in [-0.05, 0) is 25.2 Å². The van der Waals surface area contributed by atoms with Crippen molar-refractivity contribution >= 4 is 29.1 Å². The predicted molar refractivity (Wildman–Crippen MR) is 84.7 cm³/mol. The maximum Gasteiger partial charge on any atom is 0.306 e. The monoisotopic (exact) mass is 375 g/mol. The number of carbonyl (C=O) groups is 3. The molecule has 2 aliphatic rings. The number of nitrogens with one attached hydrogen (secondary N) is 2. The van der Waals surface area contributed by atoms with Gasteiger partial charge in [-0.3, -0.25) is 18.0 Å². The standard InChI is InChI=1S/C15H24N2O7S/c1-8(2)7-10(13(18)16-9-5-3-4-6-9)17-14(19)11-12(15(20)21)24-25(22)23-11/h8-12H,3-7H2,1-2H3,(H,16,18)(H,17,19)(H,20,21)/p-1/t10-,11-,12-,25?/m0/s1. The SMILES string of the molecule is CC(C)C[C@H](NC(=O)[C@H]1OS(=O)O[C@@H]1C(=O)[O-])C(=O)NC1CCCC1. The lowest BCUT2D eigenvalue weighted by Crippen LogP contribution is -2.55. The summed E-state index contributed by atoms with van der Waals surface area (Å²) in [5.41, 5.74) is 0. The summed E-state index contributed by atoms with van der Waals surface area (Å²) in [5.74, 6) is -2.78. The van der Waals surface area contributed by atoms with Gasteiger partial charge in [-0.2, -0.15) is 4.21 Å². The molecular weight excluding hydrogens is 352 g/mol. The van der Waals surface area contributed by atoms with Crippen LogP contribution in [0.4, 0.5) is 0 Å². The van der Waals surface area contributed by atoms with E-state index in [1.165, 1.54) is 0 Å². The molecule has 1 aliphatic heterocycles. The van der Waals surface area contributed by atoms with E-state index in [2.05, 4.69) is 14.8 Å². The van der Waals surface area contributed by atoms with Crippen molar-refractivity contribution in [2.45, 2.75) is 70.2 Å². The normalized spacial score (nSPS) is 28.0. The highest BCUT2D eigenvalue weighted by Crippen LogP contribution is 2.20. The van der Waals surface area contributed by atoms with Crippen LogP contribution in [0, 0.1) is 5.92 Å². The fourth-order valence-corrected chi connectivity index (χ4v) is 3.72. The minimum Gasteiger partial charge on any atom is -0.547 e. The molecule has 1 saturated heterocycles. The van der Waals surface area contributed by atoms with Crippen molar-refractivity contribution in [3.05, 3.63) is 0 Å². The maximum atomic E-state index is 12.5. The van der Waals surface area contributed by atoms with Crippen molar-refractivity contribution < 1.29 is 32.1 Å². The lowest BCUT2D eigenvalue weighted by atomic mass is 10.0. The highest BCUT2D eigenvalue weighted by molar-refractivity contribution is 7.75. The maximum absolute atomic E-state index is 12.5. The third kappa shape index (κ3) is 5.48. The third-order valence-corrected chi connectivity index (χ3v) is 4.90. The molecule has 9 nitrogen and oxygen atoms in total. The number of amides is 2. The molecule has 4 atom stereocenters. The molecule has 1 unspecified atom stereocenters. The van der Waals surface area contributed by atoms with Gasteiger partial charge in [-0.1, -0.05) is 26.7 Å². The molecule has 2 amide bonds. The number of carboxylic acids is 1. The molecule has 25 heavy (non-hydrogen) atoms. The Labute approximate surface area is 148 Å². The fraction of sp³-hybridized carbons (Fsp3) is 0.800. The average Bonchev–Trinajstić information content (AvgIpc) is 3.15. The van der Waals surface area contributed by atoms with Gasteiger partial charge < -0.3 is 20.5 Å². The summed E-state index contributed by atoms with van der Waals surface area (Å²) in [4.78, 5) is 35.8. The average molecular weight is 375 g/mol. The van der Waals surface area contributed by atoms with Crippen LogP contribution < -0.4 is 15.7 Å². The van der Waals surface area contributed by atoms with Crippen LogP contribution in [0.2, 0.25) is 0 Å². The van der Waals surface area contributed by atoms with Crippen LogP contribution in [-0.2, 0) is 34.1 Å². The molecule has 10 heteroatoms. The first-order valence-electron chi connectivity index (χ1n) is 8.35. The largest absolute Gasteiger partial charge is 0.547 e. The van der Waals surface area contributed by atoms with Crippen LogP contribution in [0.3, 0.4) is 0 Å². The molecule has 0 radical (unpaired) electrons. The van der Waals surface area contributed by atoms with Crippen LogP contribution in [0.5, 0.6) is 0 Å². The van der Waals surface area contributed by atoms with Gasteiger partial charge in [-0.15, -0.1) is 0 Å². The first-order chi connectivity index (χ1) is 11.8. The van der Waals surface area contributed by atoms with Gasteiger partial charge >= 0.3 is 11.4 Å². The summed E-state index contributed by atoms with van der Waals surface area (Å²) in [7, 11) is 0. The first kappa shape index (κ1) is 19.8. The van der Waals surface area contributed by atoms with Crippen molar-refractivity contribution in [3.63, 3.8) is 0 Å². The zero-order valence-electron chi connectivity index (χ0n) is 14.2. The fourth-order valence-electron chi connectivity index (χ4n) is 2.97. The van der Waals surface area contributed by atoms with E-state index < -0.39 is 41.5 Å². The van der Waals surface area contributed by atoms with Gasteiger partial charge in [0, 0.05) is 6.04 Å². The van der Waals surface area contributed by atoms with E-state index in [0.717, 1.165) is 25.7 Å². The number of carbonyl (C=O) groups excluding carboxylic acids is 3. The molecule has 142 valence electrons. The van der Waals surface area contributed by atoms with Gasteiger partial charge in [0.2, 0.25) is 5.91 Å². The number of hydrogen-bond acceptors (Lipinski definition) is 7. The Hall–Kier alpha value is -1.52. The minimum absolute atomic E-state index is 0.0913. The Kier molecular flexibility index (Phi) is 6.91. The van der Waals surface area contributed by atoms with E-state index in [1.807, 2.05) is 13.8 Å². The van der Waals surface area contributed by atoms with Gasteiger partial charge in [0.25, 0.3) is 5.91 Å². The summed E-state index contributed by atoms with van der Waals surface area (Å²) in [6.45, 7) is 3.80. The Morgan fingerprint density at radius 1 is 1.16 bits per heavy atom. The van der Waals surface area contributed by atoms with Crippen LogP contribution in [0.25, 0.3) is 0 Å². The van der Waals surface area contributed by atoms with Crippen LogP contribution >= 0.6 is 0 Å². The highest BCUT2D eigenvalue weighted by atomic mass is 32.2. The van der Waals surface area contributed by atoms with Gasteiger partial charge in [0.05, 0.1) is 5.97 Å². The Morgan fingerprint density at radius 2 is 1.76 bits per heavy atom. The number of carboxylic acid groups (broad SMARTS) is 1. The summed E-state index contributed by atoms with van der Waals surface area (Å²) < 4.78 is 20.4. The topological polar surface area (TPSA) is 134 Å². The molecule has 0 aromatic carbocycles. The van der Waals surface area contributed by atoms with E-state index >= 15 is 0 Å². The number of aliphatic carboxylic acids is 1. The molecular formula is C15H23N2O7S-. The van der Waals surface area contributed by atoms with E-state index in [9.17, 15) is 23.7 Å². The van der Waals surface area contributed by atoms with Crippen LogP contribution in [-0.4, -0.2) is 46.3 Å². The second kappa shape index (κ2) is 8.72. The van der Waals surface area contributed by atoms with Gasteiger partial charge in [0.1, 0.15) is 6.04 Å². The second-order valence-corrected chi connectivity index (χ2v) is 7.53. The lowest BCUT2D eigenvalue weighted by molar-refractivity contribution is -0.314. The van der Waals surface area contributed by atoms with Gasteiger partial charge in [-0.25, -0.2) is 0 Å². The van der Waals surface area contributed by atoms with Crippen LogP contribution in [0.1, 0.15) is 46.0 Å². The molecule has 1 heterocycles. The van der Waals surface area contributed by atoms with Crippen molar-refractivity contribution in [3.8, 4) is 0 Å². The smallest absolute Gasteiger partial charge is 0.306 e. The molecule has 0 bridgehead atoms. The highest BCUT2D eigenvalue weighted by Gasteiger charge is 2.42. The molecule has 1 aliphatic carbocycles. The first-order valence-corrected chi connectivity index (χ1v) is 9.35. The Balaban J connectivity index is 2.02. The Bertz CT molecular complexity index is 548. The van der Waals surface area contributed by atoms with E-state index in [-0.39, 0.29) is 17.9 Å². The van der Waals surface area contributed by atoms with Gasteiger partial charge in [0.15, 0.2) is 12.2 Å². The summed E-state index contributed by atoms with van der Waals surface area (Å²) in [5, 5.41) is 16.4. The summed E-state index contributed by atoms with van der Waals surface area (Å²) in [6, 6.07) is -0.748. The molecule has 0 spiro atoms. The van der Waals surface area contributed by atoms with Crippen molar-refractivity contribution in [1.82, 2.24) is 10.6 Å². The van der Waals surface area contributed by atoms with Crippen molar-refractivity contribution in [2.75, 3.05) is 0 Å². The Morgan fingerprint density at radius 3 is 2.32 bits per heavy atom. The van der Waals surface area contributed by atoms with Crippen molar-refractivity contribution in [2.24, 2.45) is 5.92 Å². The zero-order valence-corrected chi connectivity index (χ0v) is 15.0. The number of hydrogen-bond donors (Lipinski definition) is 2. The molecule has 1 saturated carbocycles. The zero-order chi connectivity index (χ0) is 18.6. The quantitative estimate of drug-likeness (QED) is 0.564. The lowest BCUT2D eigenvalue weighted by Gasteiger charge is -2.24. The van der Waals surface area contributed by atoms with Crippen molar-refractivity contribution in [1.29, 1.82) is 0 Å². The van der Waals surface area contributed by atoms with E-state index in [0.29, 0.717) is 6.42 Å². The molecule has 2 rings (SSSR count). The predicted octanol–water partition coefficient (Wildman–Crippen LogP) is -1.31. The number of rotatable bonds is 7. The third-order valence-electron chi connectivity index (χ3n) is 4.17. The summed E-state index contributed by atoms with van der Waals surface area (Å²) in [6.07, 6.45) is 0.880. The second-order valence-electron chi connectivity index (χ2n) is 6.74. The molecule has 0 aromatic heterocycles. The molecule has 2 N–H and O–H groups in total. The summed E-state index contributed by atoms with van der Waals surface area (Å²) >= 11 is -2.35.